The summed E-state index contributed by atoms with van der Waals surface area (Å²) in [5, 5.41) is 7.32. The van der Waals surface area contributed by atoms with Gasteiger partial charge in [0.25, 0.3) is 5.91 Å². The highest BCUT2D eigenvalue weighted by Gasteiger charge is 2.18. The summed E-state index contributed by atoms with van der Waals surface area (Å²) in [6.07, 6.45) is 2.15. The molecular weight excluding hydrogens is 226 g/mol. The van der Waals surface area contributed by atoms with Crippen molar-refractivity contribution in [2.45, 2.75) is 53.5 Å². The fourth-order valence-corrected chi connectivity index (χ4v) is 2.05. The Balaban J connectivity index is 2.65. The Kier molecular flexibility index (Phi) is 4.93. The van der Waals surface area contributed by atoms with Gasteiger partial charge in [0, 0.05) is 18.8 Å². The molecule has 1 amide bonds. The van der Waals surface area contributed by atoms with E-state index in [1.54, 1.807) is 4.68 Å². The van der Waals surface area contributed by atoms with E-state index < -0.39 is 0 Å². The minimum absolute atomic E-state index is 0.00523. The fraction of sp³-hybridized carbons (Fsp3) is 0.714. The highest BCUT2D eigenvalue weighted by molar-refractivity contribution is 5.96. The average Bonchev–Trinajstić information content (AvgIpc) is 2.50. The molecule has 1 aromatic rings. The molecule has 1 atom stereocenters. The molecule has 0 bridgehead atoms. The third-order valence-corrected chi connectivity index (χ3v) is 3.29. The van der Waals surface area contributed by atoms with Crippen LogP contribution in [0.1, 0.15) is 55.4 Å². The minimum Gasteiger partial charge on any atom is -0.349 e. The van der Waals surface area contributed by atoms with E-state index in [0.717, 1.165) is 24.2 Å². The lowest BCUT2D eigenvalue weighted by Gasteiger charge is -2.15. The minimum atomic E-state index is -0.00523. The SMILES string of the molecule is Cc1nn(C)c(C)c1C(=O)NC(C)CCC(C)C. The first-order valence-electron chi connectivity index (χ1n) is 6.64. The van der Waals surface area contributed by atoms with Gasteiger partial charge in [-0.3, -0.25) is 9.48 Å². The topological polar surface area (TPSA) is 46.9 Å². The number of hydrogen-bond acceptors (Lipinski definition) is 2. The van der Waals surface area contributed by atoms with Crippen molar-refractivity contribution in [3.63, 3.8) is 0 Å². The lowest BCUT2D eigenvalue weighted by atomic mass is 10.0. The van der Waals surface area contributed by atoms with Gasteiger partial charge in [0.2, 0.25) is 0 Å². The second-order valence-electron chi connectivity index (χ2n) is 5.52. The number of hydrogen-bond donors (Lipinski definition) is 1. The van der Waals surface area contributed by atoms with Crippen LogP contribution < -0.4 is 5.32 Å². The standard InChI is InChI=1S/C14H25N3O/c1-9(2)7-8-10(3)15-14(18)13-11(4)16-17(6)12(13)5/h9-10H,7-8H2,1-6H3,(H,15,18). The molecule has 102 valence electrons. The van der Waals surface area contributed by atoms with Gasteiger partial charge in [0.05, 0.1) is 11.3 Å². The Labute approximate surface area is 110 Å². The third kappa shape index (κ3) is 3.59. The lowest BCUT2D eigenvalue weighted by molar-refractivity contribution is 0.0936. The Morgan fingerprint density at radius 3 is 2.33 bits per heavy atom. The van der Waals surface area contributed by atoms with Crippen LogP contribution in [0, 0.1) is 19.8 Å². The Morgan fingerprint density at radius 2 is 1.89 bits per heavy atom. The van der Waals surface area contributed by atoms with E-state index in [1.807, 2.05) is 20.9 Å². The molecule has 0 saturated heterocycles. The molecule has 0 fully saturated rings. The van der Waals surface area contributed by atoms with Crippen LogP contribution >= 0.6 is 0 Å². The summed E-state index contributed by atoms with van der Waals surface area (Å²) in [6.45, 7) is 10.3. The van der Waals surface area contributed by atoms with Gasteiger partial charge in [-0.05, 0) is 39.5 Å². The molecule has 4 nitrogen and oxygen atoms in total. The van der Waals surface area contributed by atoms with Gasteiger partial charge in [0.15, 0.2) is 0 Å². The smallest absolute Gasteiger partial charge is 0.255 e. The Hall–Kier alpha value is -1.32. The van der Waals surface area contributed by atoms with Gasteiger partial charge < -0.3 is 5.32 Å². The van der Waals surface area contributed by atoms with E-state index in [2.05, 4.69) is 31.2 Å². The van der Waals surface area contributed by atoms with E-state index >= 15 is 0 Å². The van der Waals surface area contributed by atoms with Gasteiger partial charge >= 0.3 is 0 Å². The molecule has 0 radical (unpaired) electrons. The van der Waals surface area contributed by atoms with Crippen molar-refractivity contribution < 1.29 is 4.79 Å². The third-order valence-electron chi connectivity index (χ3n) is 3.29. The number of aryl methyl sites for hydroxylation is 2. The molecule has 1 rings (SSSR count). The molecule has 0 aromatic carbocycles. The lowest BCUT2D eigenvalue weighted by Crippen LogP contribution is -2.33. The number of carbonyl (C=O) groups is 1. The molecule has 0 aliphatic carbocycles. The summed E-state index contributed by atoms with van der Waals surface area (Å²) in [5.41, 5.74) is 2.43. The molecule has 18 heavy (non-hydrogen) atoms. The van der Waals surface area contributed by atoms with E-state index in [1.165, 1.54) is 0 Å². The van der Waals surface area contributed by atoms with Crippen LogP contribution in [0.3, 0.4) is 0 Å². The van der Waals surface area contributed by atoms with Gasteiger partial charge in [0.1, 0.15) is 0 Å². The van der Waals surface area contributed by atoms with E-state index in [-0.39, 0.29) is 11.9 Å². The van der Waals surface area contributed by atoms with E-state index in [9.17, 15) is 4.79 Å². The average molecular weight is 251 g/mol. The Bertz CT molecular complexity index is 421. The maximum atomic E-state index is 12.2. The fourth-order valence-electron chi connectivity index (χ4n) is 2.05. The van der Waals surface area contributed by atoms with Crippen LogP contribution in [0.15, 0.2) is 0 Å². The monoisotopic (exact) mass is 251 g/mol. The Morgan fingerprint density at radius 1 is 1.28 bits per heavy atom. The van der Waals surface area contributed by atoms with Gasteiger partial charge in [-0.25, -0.2) is 0 Å². The van der Waals surface area contributed by atoms with Crippen molar-refractivity contribution in [1.82, 2.24) is 15.1 Å². The number of nitrogens with one attached hydrogen (secondary N) is 1. The van der Waals surface area contributed by atoms with E-state index in [0.29, 0.717) is 11.5 Å². The first kappa shape index (κ1) is 14.7. The van der Waals surface area contributed by atoms with E-state index in [4.69, 9.17) is 0 Å². The number of amides is 1. The zero-order valence-corrected chi connectivity index (χ0v) is 12.4. The number of nitrogens with zero attached hydrogens (tertiary/aromatic N) is 2. The van der Waals surface area contributed by atoms with Crippen LogP contribution in [0.2, 0.25) is 0 Å². The second kappa shape index (κ2) is 6.03. The molecule has 0 aliphatic rings. The van der Waals surface area contributed by atoms with Gasteiger partial charge in [-0.2, -0.15) is 5.10 Å². The highest BCUT2D eigenvalue weighted by Crippen LogP contribution is 2.13. The summed E-state index contributed by atoms with van der Waals surface area (Å²) in [6, 6.07) is 0.207. The van der Waals surface area contributed by atoms with Crippen molar-refractivity contribution in [3.05, 3.63) is 17.0 Å². The zero-order chi connectivity index (χ0) is 13.9. The summed E-state index contributed by atoms with van der Waals surface area (Å²) in [4.78, 5) is 12.2. The second-order valence-corrected chi connectivity index (χ2v) is 5.52. The predicted octanol–water partition coefficient (Wildman–Crippen LogP) is 2.59. The largest absolute Gasteiger partial charge is 0.349 e. The zero-order valence-electron chi connectivity index (χ0n) is 12.4. The molecule has 1 unspecified atom stereocenters. The molecule has 0 saturated carbocycles. The summed E-state index contributed by atoms with van der Waals surface area (Å²) >= 11 is 0. The first-order valence-corrected chi connectivity index (χ1v) is 6.64. The van der Waals surface area contributed by atoms with Crippen LogP contribution in [0.4, 0.5) is 0 Å². The molecule has 4 heteroatoms. The summed E-state index contributed by atoms with van der Waals surface area (Å²) < 4.78 is 1.75. The number of aromatic nitrogens is 2. The predicted molar refractivity (Wildman–Crippen MR) is 73.7 cm³/mol. The first-order chi connectivity index (χ1) is 8.32. The number of rotatable bonds is 5. The highest BCUT2D eigenvalue weighted by atomic mass is 16.1. The maximum absolute atomic E-state index is 12.2. The summed E-state index contributed by atoms with van der Waals surface area (Å²) in [7, 11) is 1.86. The molecule has 0 spiro atoms. The molecular formula is C14H25N3O. The van der Waals surface area contributed by atoms with Gasteiger partial charge in [-0.15, -0.1) is 0 Å². The van der Waals surface area contributed by atoms with Crippen LogP contribution in [-0.4, -0.2) is 21.7 Å². The van der Waals surface area contributed by atoms with Crippen LogP contribution in [-0.2, 0) is 7.05 Å². The van der Waals surface area contributed by atoms with Crippen molar-refractivity contribution in [2.75, 3.05) is 0 Å². The van der Waals surface area contributed by atoms with Gasteiger partial charge in [-0.1, -0.05) is 13.8 Å². The number of carbonyl (C=O) groups excluding carboxylic acids is 1. The molecule has 0 aliphatic heterocycles. The molecule has 1 aromatic heterocycles. The van der Waals surface area contributed by atoms with Crippen LogP contribution in [0.5, 0.6) is 0 Å². The van der Waals surface area contributed by atoms with Crippen LogP contribution in [0.25, 0.3) is 0 Å². The molecule has 1 N–H and O–H groups in total. The molecule has 1 heterocycles. The summed E-state index contributed by atoms with van der Waals surface area (Å²) in [5.74, 6) is 0.667. The normalized spacial score (nSPS) is 12.8. The van der Waals surface area contributed by atoms with Crippen molar-refractivity contribution >= 4 is 5.91 Å². The van der Waals surface area contributed by atoms with Crippen molar-refractivity contribution in [1.29, 1.82) is 0 Å². The quantitative estimate of drug-likeness (QED) is 0.874. The van der Waals surface area contributed by atoms with Crippen molar-refractivity contribution in [2.24, 2.45) is 13.0 Å². The maximum Gasteiger partial charge on any atom is 0.255 e. The van der Waals surface area contributed by atoms with Crippen molar-refractivity contribution in [3.8, 4) is 0 Å².